The SMILES string of the molecule is [2H]C1N(N=O)C([2H])([2H])C([2H])([2H])N([2H])C1([2H])[2H]. The fourth-order valence-electron chi connectivity index (χ4n) is 0.268. The Morgan fingerprint density at radius 2 is 2.75 bits per heavy atom. The van der Waals surface area contributed by atoms with Crippen LogP contribution in [0.5, 0.6) is 0 Å². The Balaban J connectivity index is 3.33. The van der Waals surface area contributed by atoms with Gasteiger partial charge in [-0.2, -0.15) is 0 Å². The molecule has 1 unspecified atom stereocenters. The Morgan fingerprint density at radius 1 is 1.88 bits per heavy atom. The summed E-state index contributed by atoms with van der Waals surface area (Å²) in [6.07, 6.45) is 0. The van der Waals surface area contributed by atoms with Crippen LogP contribution in [0.3, 0.4) is 0 Å². The van der Waals surface area contributed by atoms with Crippen LogP contribution >= 0.6 is 0 Å². The lowest BCUT2D eigenvalue weighted by molar-refractivity contribution is 0.248. The summed E-state index contributed by atoms with van der Waals surface area (Å²) in [5.41, 5.74) is 0. The Morgan fingerprint density at radius 3 is 3.50 bits per heavy atom. The van der Waals surface area contributed by atoms with Crippen molar-refractivity contribution in [3.8, 4) is 0 Å². The van der Waals surface area contributed by atoms with Gasteiger partial charge in [0.25, 0.3) is 0 Å². The molecule has 4 heteroatoms. The first-order chi connectivity index (χ1) is 7.01. The van der Waals surface area contributed by atoms with Gasteiger partial charge in [0.05, 0.1) is 22.4 Å². The molecule has 1 N–H and O–H groups in total. The van der Waals surface area contributed by atoms with Crippen molar-refractivity contribution in [3.63, 3.8) is 0 Å². The molecule has 1 rings (SSSR count). The van der Waals surface area contributed by atoms with Gasteiger partial charge in [-0.1, -0.05) is 0 Å². The van der Waals surface area contributed by atoms with Gasteiger partial charge in [0.2, 0.25) is 0 Å². The summed E-state index contributed by atoms with van der Waals surface area (Å²) in [6, 6.07) is 0. The van der Waals surface area contributed by atoms with Crippen molar-refractivity contribution < 1.29 is 11.0 Å². The minimum Gasteiger partial charge on any atom is -0.313 e. The van der Waals surface area contributed by atoms with Gasteiger partial charge in [0, 0.05) is 18.5 Å². The van der Waals surface area contributed by atoms with Crippen LogP contribution in [0.2, 0.25) is 1.41 Å². The zero-order valence-corrected chi connectivity index (χ0v) is 3.83. The molecule has 4 nitrogen and oxygen atoms in total. The van der Waals surface area contributed by atoms with Crippen LogP contribution in [-0.2, 0) is 0 Å². The van der Waals surface area contributed by atoms with Crippen molar-refractivity contribution in [3.05, 3.63) is 4.91 Å². The molecule has 1 atom stereocenters. The molecule has 0 radical (unpaired) electrons. The zero-order chi connectivity index (χ0) is 12.9. The fraction of sp³-hybridized carbons (Fsp3) is 1.00. The highest BCUT2D eigenvalue weighted by Gasteiger charge is 2.05. The topological polar surface area (TPSA) is 44.7 Å². The van der Waals surface area contributed by atoms with Gasteiger partial charge in [0.15, 0.2) is 0 Å². The average Bonchev–Trinajstić information content (AvgIpc) is 2.15. The molecule has 1 aliphatic rings. The highest BCUT2D eigenvalue weighted by Crippen LogP contribution is 1.89. The zero-order valence-electron chi connectivity index (χ0n) is 11.8. The quantitative estimate of drug-likeness (QED) is 0.481. The van der Waals surface area contributed by atoms with Crippen molar-refractivity contribution in [2.24, 2.45) is 5.29 Å². The van der Waals surface area contributed by atoms with E-state index in [0.717, 1.165) is 0 Å². The summed E-state index contributed by atoms with van der Waals surface area (Å²) in [7, 11) is 0. The lowest BCUT2D eigenvalue weighted by Crippen LogP contribution is -2.40. The molecule has 0 bridgehead atoms. The predicted molar refractivity (Wildman–Crippen MR) is 30.2 cm³/mol. The summed E-state index contributed by atoms with van der Waals surface area (Å²) >= 11 is 0. The highest BCUT2D eigenvalue weighted by molar-refractivity contribution is 4.62. The van der Waals surface area contributed by atoms with Crippen molar-refractivity contribution >= 4 is 0 Å². The second-order valence-corrected chi connectivity index (χ2v) is 1.02. The maximum absolute atomic E-state index is 10.4. The summed E-state index contributed by atoms with van der Waals surface area (Å²) in [5.74, 6) is 0. The predicted octanol–water partition coefficient (Wildman–Crippen LogP) is -0.427. The van der Waals surface area contributed by atoms with Crippen LogP contribution in [0.25, 0.3) is 0 Å². The van der Waals surface area contributed by atoms with E-state index in [9.17, 15) is 4.91 Å². The first-order valence-electron chi connectivity index (χ1n) is 5.87. The van der Waals surface area contributed by atoms with E-state index in [1.807, 2.05) is 0 Å². The molecular formula is C4H9N3O. The second kappa shape index (κ2) is 2.61. The van der Waals surface area contributed by atoms with Gasteiger partial charge in [-0.05, 0) is 0 Å². The molecule has 0 aromatic heterocycles. The van der Waals surface area contributed by atoms with E-state index in [2.05, 4.69) is 5.29 Å². The van der Waals surface area contributed by atoms with Crippen LogP contribution in [0.4, 0.5) is 0 Å². The minimum absolute atomic E-state index is 0.155. The summed E-state index contributed by atoms with van der Waals surface area (Å²) < 4.78 is 58.2. The Labute approximate surface area is 59.1 Å². The largest absolute Gasteiger partial charge is 0.313 e. The third-order valence-electron chi connectivity index (χ3n) is 0.553. The molecule has 0 spiro atoms. The number of hydrogen-bond acceptors (Lipinski definition) is 3. The highest BCUT2D eigenvalue weighted by atomic mass is 16.3. The van der Waals surface area contributed by atoms with E-state index < -0.39 is 26.0 Å². The first-order valence-corrected chi connectivity index (χ1v) is 1.85. The normalized spacial score (nSPS) is 66.0. The van der Waals surface area contributed by atoms with Crippen LogP contribution in [-0.4, -0.2) is 31.0 Å². The molecule has 1 fully saturated rings. The number of rotatable bonds is 1. The van der Waals surface area contributed by atoms with Gasteiger partial charge in [-0.25, -0.2) is 0 Å². The Kier molecular flexibility index (Phi) is 0.412. The molecule has 0 aromatic carbocycles. The number of nitroso groups, excluding NO2 is 1. The van der Waals surface area contributed by atoms with Crippen molar-refractivity contribution in [2.45, 2.75) is 0 Å². The van der Waals surface area contributed by atoms with Crippen LogP contribution < -0.4 is 5.31 Å². The second-order valence-electron chi connectivity index (χ2n) is 1.02. The molecule has 1 saturated heterocycles. The molecule has 1 aliphatic heterocycles. The van der Waals surface area contributed by atoms with Gasteiger partial charge < -0.3 is 5.31 Å². The van der Waals surface area contributed by atoms with E-state index in [1.54, 1.807) is 0 Å². The Hall–Kier alpha value is -0.640. The molecule has 8 heavy (non-hydrogen) atoms. The fourth-order valence-corrected chi connectivity index (χ4v) is 0.268. The monoisotopic (exact) mass is 123 g/mol. The van der Waals surface area contributed by atoms with E-state index in [-0.39, 0.29) is 10.3 Å². The van der Waals surface area contributed by atoms with Crippen molar-refractivity contribution in [1.82, 2.24) is 10.3 Å². The molecular weight excluding hydrogens is 106 g/mol. The smallest absolute Gasteiger partial charge is 0.122 e. The number of piperazine rings is 1. The Bertz CT molecular complexity index is 308. The van der Waals surface area contributed by atoms with Gasteiger partial charge in [-0.3, -0.25) is 5.01 Å². The van der Waals surface area contributed by atoms with E-state index >= 15 is 0 Å². The van der Waals surface area contributed by atoms with Crippen molar-refractivity contribution in [1.29, 1.82) is 0 Å². The van der Waals surface area contributed by atoms with E-state index in [1.165, 1.54) is 0 Å². The molecule has 0 aromatic rings. The summed E-state index contributed by atoms with van der Waals surface area (Å²) in [6.45, 7) is -11.2. The molecule has 0 amide bonds. The standard InChI is InChI=1S/C4H9N3O/c8-6-7-3-1-5-2-4-7/h5H,1-4H2/i1D2,2D2,3D,4D2/hD. The van der Waals surface area contributed by atoms with Crippen molar-refractivity contribution in [2.75, 3.05) is 26.0 Å². The molecule has 0 aliphatic carbocycles. The van der Waals surface area contributed by atoms with Crippen LogP contribution in [0, 0.1) is 4.91 Å². The number of nitrogens with one attached hydrogen (secondary N) is 1. The number of nitrogens with zero attached hydrogens (tertiary/aromatic N) is 2. The first kappa shape index (κ1) is 1.26. The van der Waals surface area contributed by atoms with Gasteiger partial charge >= 0.3 is 0 Å². The minimum atomic E-state index is -3.11. The molecule has 0 saturated carbocycles. The number of hydrogen-bond donors (Lipinski definition) is 1. The third-order valence-corrected chi connectivity index (χ3v) is 0.553. The average molecular weight is 123 g/mol. The van der Waals surface area contributed by atoms with Gasteiger partial charge in [-0.15, -0.1) is 4.91 Å². The lowest BCUT2D eigenvalue weighted by atomic mass is 10.4. The van der Waals surface area contributed by atoms with Gasteiger partial charge in [0.1, 0.15) is 1.41 Å². The third kappa shape index (κ3) is 1.16. The summed E-state index contributed by atoms with van der Waals surface area (Å²) in [4.78, 5) is 10.4. The van der Waals surface area contributed by atoms with Crippen LogP contribution in [0.15, 0.2) is 5.29 Å². The maximum Gasteiger partial charge on any atom is 0.122 e. The maximum atomic E-state index is 10.4. The molecule has 46 valence electrons. The van der Waals surface area contributed by atoms with E-state index in [4.69, 9.17) is 11.0 Å². The van der Waals surface area contributed by atoms with Crippen LogP contribution in [0.1, 0.15) is 9.60 Å². The molecule has 1 heterocycles. The van der Waals surface area contributed by atoms with E-state index in [0.29, 0.717) is 0 Å². The lowest BCUT2D eigenvalue weighted by Gasteiger charge is -2.20. The summed E-state index contributed by atoms with van der Waals surface area (Å²) in [5, 5.41) is 1.69.